The highest BCUT2D eigenvalue weighted by Gasteiger charge is 2.20. The molecule has 0 aromatic heterocycles. The number of benzene rings is 1. The first-order chi connectivity index (χ1) is 8.48. The van der Waals surface area contributed by atoms with Crippen molar-refractivity contribution in [2.24, 2.45) is 0 Å². The van der Waals surface area contributed by atoms with Crippen molar-refractivity contribution in [3.63, 3.8) is 0 Å². The average molecular weight is 251 g/mol. The number of hydrogen-bond acceptors (Lipinski definition) is 3. The molecule has 0 spiro atoms. The van der Waals surface area contributed by atoms with Crippen molar-refractivity contribution in [2.45, 2.75) is 32.2 Å². The second-order valence-electron chi connectivity index (χ2n) is 4.89. The number of methoxy groups -OCH3 is 1. The third-order valence-electron chi connectivity index (χ3n) is 2.76. The zero-order chi connectivity index (χ0) is 13.6. The Morgan fingerprint density at radius 2 is 2.06 bits per heavy atom. The zero-order valence-corrected chi connectivity index (χ0v) is 11.2. The number of carbonyl (C=O) groups excluding carboxylic acids is 1. The van der Waals surface area contributed by atoms with Crippen LogP contribution in [0.1, 0.15) is 25.8 Å². The number of rotatable bonds is 6. The van der Waals surface area contributed by atoms with Crippen LogP contribution in [0.25, 0.3) is 0 Å². The summed E-state index contributed by atoms with van der Waals surface area (Å²) in [4.78, 5) is 11.9. The van der Waals surface area contributed by atoms with E-state index in [9.17, 15) is 4.79 Å². The summed E-state index contributed by atoms with van der Waals surface area (Å²) in [5.74, 6) is 0.644. The van der Waals surface area contributed by atoms with Gasteiger partial charge in [0, 0.05) is 17.7 Å². The third-order valence-corrected chi connectivity index (χ3v) is 2.76. The maximum Gasteiger partial charge on any atom is 0.224 e. The molecule has 0 saturated carbocycles. The predicted octanol–water partition coefficient (Wildman–Crippen LogP) is 1.51. The van der Waals surface area contributed by atoms with E-state index >= 15 is 0 Å². The van der Waals surface area contributed by atoms with E-state index in [-0.39, 0.29) is 18.9 Å². The van der Waals surface area contributed by atoms with Gasteiger partial charge in [-0.25, -0.2) is 0 Å². The smallest absolute Gasteiger partial charge is 0.224 e. The fourth-order valence-corrected chi connectivity index (χ4v) is 1.79. The van der Waals surface area contributed by atoms with Gasteiger partial charge in [-0.2, -0.15) is 0 Å². The Labute approximate surface area is 108 Å². The first kappa shape index (κ1) is 14.5. The fraction of sp³-hybridized carbons (Fsp3) is 0.500. The minimum absolute atomic E-state index is 0.0575. The van der Waals surface area contributed by atoms with Gasteiger partial charge in [0.15, 0.2) is 0 Å². The second kappa shape index (κ2) is 6.40. The molecule has 0 radical (unpaired) electrons. The molecule has 2 N–H and O–H groups in total. The van der Waals surface area contributed by atoms with Crippen LogP contribution < -0.4 is 10.1 Å². The molecule has 0 aliphatic rings. The summed E-state index contributed by atoms with van der Waals surface area (Å²) < 4.78 is 5.20. The normalized spacial score (nSPS) is 11.1. The van der Waals surface area contributed by atoms with Gasteiger partial charge in [0.05, 0.1) is 13.5 Å². The molecule has 0 heterocycles. The molecule has 1 aromatic rings. The van der Waals surface area contributed by atoms with Crippen LogP contribution in [0.15, 0.2) is 24.3 Å². The van der Waals surface area contributed by atoms with E-state index in [4.69, 9.17) is 9.84 Å². The summed E-state index contributed by atoms with van der Waals surface area (Å²) in [5, 5.41) is 11.8. The summed E-state index contributed by atoms with van der Waals surface area (Å²) in [7, 11) is 1.59. The van der Waals surface area contributed by atoms with Crippen molar-refractivity contribution < 1.29 is 14.6 Å². The minimum atomic E-state index is -0.395. The first-order valence-electron chi connectivity index (χ1n) is 6.02. The number of amides is 1. The summed E-state index contributed by atoms with van der Waals surface area (Å²) in [5.41, 5.74) is 0.464. The van der Waals surface area contributed by atoms with Crippen molar-refractivity contribution in [1.82, 2.24) is 5.32 Å². The van der Waals surface area contributed by atoms with Crippen LogP contribution in [0.4, 0.5) is 0 Å². The monoisotopic (exact) mass is 251 g/mol. The maximum absolute atomic E-state index is 11.9. The lowest BCUT2D eigenvalue weighted by Gasteiger charge is -2.25. The van der Waals surface area contributed by atoms with Crippen LogP contribution in [0.3, 0.4) is 0 Å². The summed E-state index contributed by atoms with van der Waals surface area (Å²) in [6.45, 7) is 3.84. The molecule has 0 atom stereocenters. The number of carbonyl (C=O) groups is 1. The van der Waals surface area contributed by atoms with Crippen molar-refractivity contribution in [1.29, 1.82) is 0 Å². The minimum Gasteiger partial charge on any atom is -0.496 e. The van der Waals surface area contributed by atoms with Gasteiger partial charge < -0.3 is 15.2 Å². The highest BCUT2D eigenvalue weighted by atomic mass is 16.5. The van der Waals surface area contributed by atoms with Gasteiger partial charge in [-0.1, -0.05) is 18.2 Å². The maximum atomic E-state index is 11.9. The standard InChI is InChI=1S/C14H21NO3/c1-14(2,8-9-16)15-13(17)10-11-6-4-5-7-12(11)18-3/h4-7,16H,8-10H2,1-3H3,(H,15,17). The van der Waals surface area contributed by atoms with Gasteiger partial charge in [-0.05, 0) is 26.3 Å². The number of hydrogen-bond donors (Lipinski definition) is 2. The summed E-state index contributed by atoms with van der Waals surface area (Å²) in [6, 6.07) is 7.46. The molecule has 0 saturated heterocycles. The largest absolute Gasteiger partial charge is 0.496 e. The third kappa shape index (κ3) is 4.37. The average Bonchev–Trinajstić information content (AvgIpc) is 2.28. The van der Waals surface area contributed by atoms with E-state index in [1.807, 2.05) is 38.1 Å². The van der Waals surface area contributed by atoms with Gasteiger partial charge >= 0.3 is 0 Å². The molecule has 18 heavy (non-hydrogen) atoms. The van der Waals surface area contributed by atoms with Gasteiger partial charge in [0.25, 0.3) is 0 Å². The van der Waals surface area contributed by atoms with Crippen molar-refractivity contribution in [3.05, 3.63) is 29.8 Å². The molecule has 4 heteroatoms. The molecular formula is C14H21NO3. The molecule has 0 fully saturated rings. The van der Waals surface area contributed by atoms with E-state index in [1.54, 1.807) is 7.11 Å². The van der Waals surface area contributed by atoms with Crippen molar-refractivity contribution in [2.75, 3.05) is 13.7 Å². The van der Waals surface area contributed by atoms with Crippen LogP contribution in [0.2, 0.25) is 0 Å². The number of ether oxygens (including phenoxy) is 1. The Morgan fingerprint density at radius 1 is 1.39 bits per heavy atom. The molecule has 0 bridgehead atoms. The van der Waals surface area contributed by atoms with E-state index in [0.717, 1.165) is 5.56 Å². The molecule has 0 aliphatic carbocycles. The number of aliphatic hydroxyl groups is 1. The Kier molecular flexibility index (Phi) is 5.16. The highest BCUT2D eigenvalue weighted by molar-refractivity contribution is 5.80. The van der Waals surface area contributed by atoms with Crippen LogP contribution in [0.5, 0.6) is 5.75 Å². The zero-order valence-electron chi connectivity index (χ0n) is 11.2. The fourth-order valence-electron chi connectivity index (χ4n) is 1.79. The summed E-state index contributed by atoms with van der Waals surface area (Å²) >= 11 is 0. The van der Waals surface area contributed by atoms with E-state index in [2.05, 4.69) is 5.32 Å². The number of para-hydroxylation sites is 1. The van der Waals surface area contributed by atoms with Crippen LogP contribution in [-0.2, 0) is 11.2 Å². The van der Waals surface area contributed by atoms with Crippen LogP contribution >= 0.6 is 0 Å². The molecule has 0 aliphatic heterocycles. The van der Waals surface area contributed by atoms with E-state index in [0.29, 0.717) is 12.2 Å². The van der Waals surface area contributed by atoms with E-state index in [1.165, 1.54) is 0 Å². The molecule has 100 valence electrons. The molecule has 1 amide bonds. The van der Waals surface area contributed by atoms with Crippen molar-refractivity contribution >= 4 is 5.91 Å². The molecule has 4 nitrogen and oxygen atoms in total. The van der Waals surface area contributed by atoms with Gasteiger partial charge in [-0.15, -0.1) is 0 Å². The Morgan fingerprint density at radius 3 is 2.67 bits per heavy atom. The molecule has 1 rings (SSSR count). The quantitative estimate of drug-likeness (QED) is 0.806. The molecule has 0 unspecified atom stereocenters. The molecular weight excluding hydrogens is 230 g/mol. The first-order valence-corrected chi connectivity index (χ1v) is 6.02. The molecule has 1 aromatic carbocycles. The topological polar surface area (TPSA) is 58.6 Å². The van der Waals surface area contributed by atoms with Crippen LogP contribution in [0, 0.1) is 0 Å². The Bertz CT molecular complexity index is 402. The van der Waals surface area contributed by atoms with Gasteiger partial charge in [0.1, 0.15) is 5.75 Å². The Balaban J connectivity index is 2.65. The predicted molar refractivity (Wildman–Crippen MR) is 70.6 cm³/mol. The number of nitrogens with one attached hydrogen (secondary N) is 1. The SMILES string of the molecule is COc1ccccc1CC(=O)NC(C)(C)CCO. The lowest BCUT2D eigenvalue weighted by atomic mass is 10.0. The van der Waals surface area contributed by atoms with Crippen molar-refractivity contribution in [3.8, 4) is 5.75 Å². The van der Waals surface area contributed by atoms with Crippen LogP contribution in [-0.4, -0.2) is 30.3 Å². The van der Waals surface area contributed by atoms with Gasteiger partial charge in [-0.3, -0.25) is 4.79 Å². The number of aliphatic hydroxyl groups excluding tert-OH is 1. The summed E-state index contributed by atoms with van der Waals surface area (Å²) in [6.07, 6.45) is 0.809. The highest BCUT2D eigenvalue weighted by Crippen LogP contribution is 2.18. The van der Waals surface area contributed by atoms with Gasteiger partial charge in [0.2, 0.25) is 5.91 Å². The Hall–Kier alpha value is -1.55. The second-order valence-corrected chi connectivity index (χ2v) is 4.89. The van der Waals surface area contributed by atoms with E-state index < -0.39 is 5.54 Å². The lowest BCUT2D eigenvalue weighted by Crippen LogP contribution is -2.44. The lowest BCUT2D eigenvalue weighted by molar-refractivity contribution is -0.122.